The van der Waals surface area contributed by atoms with E-state index in [-0.39, 0.29) is 5.91 Å². The Morgan fingerprint density at radius 2 is 2.08 bits per heavy atom. The maximum absolute atomic E-state index is 12.3. The standard InChI is InChI=1S/C17H23N5OS2/c1-9-21-22-17(25-9)20-16(23)10-6-15(24-8-10)13-7-14(13)19-12-4-2-11(18)3-5-12/h6,8,11-14,19H,2-5,7,18H2,1H3,(H,20,22,23). The quantitative estimate of drug-likeness (QED) is 0.745. The molecule has 0 aliphatic heterocycles. The van der Waals surface area contributed by atoms with Crippen molar-refractivity contribution in [3.8, 4) is 0 Å². The maximum Gasteiger partial charge on any atom is 0.258 e. The molecule has 4 N–H and O–H groups in total. The molecule has 4 rings (SSSR count). The van der Waals surface area contributed by atoms with E-state index in [1.807, 2.05) is 18.4 Å². The van der Waals surface area contributed by atoms with Gasteiger partial charge >= 0.3 is 0 Å². The van der Waals surface area contributed by atoms with Crippen molar-refractivity contribution in [2.75, 3.05) is 5.32 Å². The van der Waals surface area contributed by atoms with Crippen LogP contribution < -0.4 is 16.4 Å². The number of rotatable bonds is 5. The van der Waals surface area contributed by atoms with Gasteiger partial charge in [0.25, 0.3) is 5.91 Å². The number of carbonyl (C=O) groups is 1. The summed E-state index contributed by atoms with van der Waals surface area (Å²) in [5, 5.41) is 17.8. The van der Waals surface area contributed by atoms with Crippen LogP contribution >= 0.6 is 22.7 Å². The van der Waals surface area contributed by atoms with Crippen molar-refractivity contribution in [1.29, 1.82) is 0 Å². The third-order valence-corrected chi connectivity index (χ3v) is 6.82. The minimum Gasteiger partial charge on any atom is -0.328 e. The lowest BCUT2D eigenvalue weighted by molar-refractivity contribution is 0.102. The largest absolute Gasteiger partial charge is 0.328 e. The molecular weight excluding hydrogens is 354 g/mol. The van der Waals surface area contributed by atoms with E-state index in [4.69, 9.17) is 5.73 Å². The zero-order valence-electron chi connectivity index (χ0n) is 14.2. The van der Waals surface area contributed by atoms with Crippen molar-refractivity contribution < 1.29 is 4.79 Å². The number of hydrogen-bond donors (Lipinski definition) is 3. The molecular formula is C17H23N5OS2. The Morgan fingerprint density at radius 1 is 1.28 bits per heavy atom. The van der Waals surface area contributed by atoms with Crippen LogP contribution in [0.2, 0.25) is 0 Å². The zero-order chi connectivity index (χ0) is 17.4. The molecule has 1 amide bonds. The molecule has 2 aromatic rings. The molecule has 2 heterocycles. The first-order valence-corrected chi connectivity index (χ1v) is 10.5. The molecule has 0 bridgehead atoms. The van der Waals surface area contributed by atoms with Gasteiger partial charge in [-0.1, -0.05) is 11.3 Å². The van der Waals surface area contributed by atoms with E-state index in [0.29, 0.717) is 34.7 Å². The van der Waals surface area contributed by atoms with E-state index in [1.165, 1.54) is 35.5 Å². The molecule has 6 nitrogen and oxygen atoms in total. The van der Waals surface area contributed by atoms with Crippen molar-refractivity contribution in [1.82, 2.24) is 15.5 Å². The molecule has 2 aromatic heterocycles. The summed E-state index contributed by atoms with van der Waals surface area (Å²) in [4.78, 5) is 13.6. The lowest BCUT2D eigenvalue weighted by atomic mass is 9.92. The molecule has 8 heteroatoms. The lowest BCUT2D eigenvalue weighted by Gasteiger charge is -2.27. The number of aromatic nitrogens is 2. The third-order valence-electron chi connectivity index (χ3n) is 5.01. The number of aryl methyl sites for hydroxylation is 1. The van der Waals surface area contributed by atoms with Crippen molar-refractivity contribution in [2.24, 2.45) is 5.73 Å². The van der Waals surface area contributed by atoms with E-state index in [2.05, 4.69) is 20.8 Å². The first-order valence-electron chi connectivity index (χ1n) is 8.80. The normalized spacial score (nSPS) is 28.7. The Balaban J connectivity index is 1.30. The molecule has 0 saturated heterocycles. The number of nitrogens with zero attached hydrogens (tertiary/aromatic N) is 2. The molecule has 2 aliphatic rings. The molecule has 134 valence electrons. The van der Waals surface area contributed by atoms with Crippen LogP contribution in [0.15, 0.2) is 11.4 Å². The van der Waals surface area contributed by atoms with Gasteiger partial charge in [0.05, 0.1) is 5.56 Å². The summed E-state index contributed by atoms with van der Waals surface area (Å²) in [7, 11) is 0. The Labute approximate surface area is 155 Å². The van der Waals surface area contributed by atoms with E-state index < -0.39 is 0 Å². The van der Waals surface area contributed by atoms with Gasteiger partial charge in [0.1, 0.15) is 5.01 Å². The van der Waals surface area contributed by atoms with Gasteiger partial charge in [-0.2, -0.15) is 0 Å². The number of anilines is 1. The topological polar surface area (TPSA) is 92.9 Å². The van der Waals surface area contributed by atoms with Crippen LogP contribution in [0.5, 0.6) is 0 Å². The Morgan fingerprint density at radius 3 is 2.80 bits per heavy atom. The molecule has 2 saturated carbocycles. The third kappa shape index (κ3) is 4.08. The van der Waals surface area contributed by atoms with Crippen molar-refractivity contribution >= 4 is 33.7 Å². The highest BCUT2D eigenvalue weighted by atomic mass is 32.1. The lowest BCUT2D eigenvalue weighted by Crippen LogP contribution is -2.38. The van der Waals surface area contributed by atoms with E-state index in [1.54, 1.807) is 11.3 Å². The molecule has 2 atom stereocenters. The predicted octanol–water partition coefficient (Wildman–Crippen LogP) is 2.88. The SMILES string of the molecule is Cc1nnc(NC(=O)c2csc(C3CC3NC3CCC(N)CC3)c2)s1. The monoisotopic (exact) mass is 377 g/mol. The van der Waals surface area contributed by atoms with Gasteiger partial charge in [0.15, 0.2) is 0 Å². The van der Waals surface area contributed by atoms with Gasteiger partial charge in [0, 0.05) is 34.3 Å². The van der Waals surface area contributed by atoms with Crippen LogP contribution in [-0.2, 0) is 0 Å². The number of nitrogens with one attached hydrogen (secondary N) is 2. The second-order valence-corrected chi connectivity index (χ2v) is 9.17. The van der Waals surface area contributed by atoms with Gasteiger partial charge in [0.2, 0.25) is 5.13 Å². The second kappa shape index (κ2) is 7.11. The Kier molecular flexibility index (Phi) is 4.86. The average Bonchev–Trinajstić information content (AvgIpc) is 2.99. The van der Waals surface area contributed by atoms with Crippen LogP contribution in [0, 0.1) is 6.92 Å². The van der Waals surface area contributed by atoms with E-state index >= 15 is 0 Å². The molecule has 2 aliphatic carbocycles. The van der Waals surface area contributed by atoms with Crippen LogP contribution in [0.1, 0.15) is 58.3 Å². The smallest absolute Gasteiger partial charge is 0.258 e. The summed E-state index contributed by atoms with van der Waals surface area (Å²) in [5.41, 5.74) is 6.69. The zero-order valence-corrected chi connectivity index (χ0v) is 15.8. The van der Waals surface area contributed by atoms with Gasteiger partial charge in [-0.3, -0.25) is 10.1 Å². The highest BCUT2D eigenvalue weighted by Gasteiger charge is 2.41. The highest BCUT2D eigenvalue weighted by Crippen LogP contribution is 2.44. The van der Waals surface area contributed by atoms with Crippen molar-refractivity contribution in [2.45, 2.75) is 63.1 Å². The van der Waals surface area contributed by atoms with Crippen LogP contribution in [-0.4, -0.2) is 34.2 Å². The molecule has 2 unspecified atom stereocenters. The molecule has 25 heavy (non-hydrogen) atoms. The fourth-order valence-electron chi connectivity index (χ4n) is 3.46. The second-order valence-electron chi connectivity index (χ2n) is 7.05. The minimum absolute atomic E-state index is 0.106. The van der Waals surface area contributed by atoms with Crippen LogP contribution in [0.25, 0.3) is 0 Å². The summed E-state index contributed by atoms with van der Waals surface area (Å²) in [5.74, 6) is 0.441. The average molecular weight is 378 g/mol. The number of nitrogens with two attached hydrogens (primary N) is 1. The van der Waals surface area contributed by atoms with Crippen LogP contribution in [0.3, 0.4) is 0 Å². The minimum atomic E-state index is -0.106. The molecule has 0 radical (unpaired) electrons. The van der Waals surface area contributed by atoms with Gasteiger partial charge < -0.3 is 11.1 Å². The highest BCUT2D eigenvalue weighted by molar-refractivity contribution is 7.15. The summed E-state index contributed by atoms with van der Waals surface area (Å²) in [6, 6.07) is 3.58. The summed E-state index contributed by atoms with van der Waals surface area (Å²) >= 11 is 3.06. The Bertz CT molecular complexity index is 750. The summed E-state index contributed by atoms with van der Waals surface area (Å²) < 4.78 is 0. The van der Waals surface area contributed by atoms with Crippen molar-refractivity contribution in [3.63, 3.8) is 0 Å². The fraction of sp³-hybridized carbons (Fsp3) is 0.588. The van der Waals surface area contributed by atoms with Crippen molar-refractivity contribution in [3.05, 3.63) is 26.9 Å². The molecule has 0 spiro atoms. The first-order chi connectivity index (χ1) is 12.1. The maximum atomic E-state index is 12.3. The number of amides is 1. The van der Waals surface area contributed by atoms with E-state index in [0.717, 1.165) is 17.8 Å². The number of thiophene rings is 1. The predicted molar refractivity (Wildman–Crippen MR) is 101 cm³/mol. The summed E-state index contributed by atoms with van der Waals surface area (Å²) in [6.07, 6.45) is 5.79. The van der Waals surface area contributed by atoms with Gasteiger partial charge in [-0.05, 0) is 45.1 Å². The fourth-order valence-corrected chi connectivity index (χ4v) is 5.12. The first kappa shape index (κ1) is 17.1. The number of carbonyl (C=O) groups excluding carboxylic acids is 1. The molecule has 2 fully saturated rings. The van der Waals surface area contributed by atoms with Gasteiger partial charge in [-0.15, -0.1) is 21.5 Å². The molecule has 0 aromatic carbocycles. The number of hydrogen-bond acceptors (Lipinski definition) is 7. The van der Waals surface area contributed by atoms with Crippen LogP contribution in [0.4, 0.5) is 5.13 Å². The Hall–Kier alpha value is -1.35. The summed E-state index contributed by atoms with van der Waals surface area (Å²) in [6.45, 7) is 1.87. The van der Waals surface area contributed by atoms with Gasteiger partial charge in [-0.25, -0.2) is 0 Å². The van der Waals surface area contributed by atoms with E-state index in [9.17, 15) is 4.79 Å².